The van der Waals surface area contributed by atoms with Crippen LogP contribution in [0, 0.1) is 5.92 Å². The van der Waals surface area contributed by atoms with Gasteiger partial charge in [-0.15, -0.1) is 0 Å². The van der Waals surface area contributed by atoms with Gasteiger partial charge in [0.05, 0.1) is 0 Å². The molecule has 0 bridgehead atoms. The van der Waals surface area contributed by atoms with Gasteiger partial charge in [0.1, 0.15) is 16.9 Å². The minimum Gasteiger partial charge on any atom is -0.480 e. The second kappa shape index (κ2) is 5.63. The number of carboxylic acids is 1. The lowest BCUT2D eigenvalue weighted by Gasteiger charge is -2.17. The monoisotopic (exact) mass is 256 g/mol. The summed E-state index contributed by atoms with van der Waals surface area (Å²) >= 11 is 5.64. The van der Waals surface area contributed by atoms with E-state index in [1.165, 1.54) is 12.1 Å². The Kier molecular flexibility index (Phi) is 4.45. The van der Waals surface area contributed by atoms with Crippen molar-refractivity contribution in [2.45, 2.75) is 19.9 Å². The molecule has 6 heteroatoms. The Balaban J connectivity index is 2.81. The molecule has 1 rings (SSSR count). The minimum atomic E-state index is -1.07. The van der Waals surface area contributed by atoms with Crippen molar-refractivity contribution in [3.63, 3.8) is 0 Å². The highest BCUT2D eigenvalue weighted by Gasteiger charge is 2.24. The summed E-state index contributed by atoms with van der Waals surface area (Å²) in [4.78, 5) is 26.4. The zero-order chi connectivity index (χ0) is 13.0. The summed E-state index contributed by atoms with van der Waals surface area (Å²) in [5.74, 6) is -1.83. The molecule has 0 spiro atoms. The van der Waals surface area contributed by atoms with Gasteiger partial charge in [0.25, 0.3) is 5.91 Å². The van der Waals surface area contributed by atoms with Crippen LogP contribution in [-0.2, 0) is 4.79 Å². The molecule has 17 heavy (non-hydrogen) atoms. The molecule has 2 N–H and O–H groups in total. The van der Waals surface area contributed by atoms with Gasteiger partial charge in [0.2, 0.25) is 0 Å². The highest BCUT2D eigenvalue weighted by Crippen LogP contribution is 2.07. The zero-order valence-electron chi connectivity index (χ0n) is 9.48. The molecular weight excluding hydrogens is 244 g/mol. The van der Waals surface area contributed by atoms with Crippen molar-refractivity contribution in [1.82, 2.24) is 10.3 Å². The fourth-order valence-electron chi connectivity index (χ4n) is 1.26. The molecule has 1 aromatic rings. The summed E-state index contributed by atoms with van der Waals surface area (Å²) in [6, 6.07) is 3.65. The van der Waals surface area contributed by atoms with Crippen LogP contribution in [0.5, 0.6) is 0 Å². The molecule has 0 aliphatic heterocycles. The molecular formula is C11H13ClN2O3. The van der Waals surface area contributed by atoms with Crippen LogP contribution < -0.4 is 5.32 Å². The van der Waals surface area contributed by atoms with Crippen molar-refractivity contribution in [3.05, 3.63) is 29.0 Å². The maximum absolute atomic E-state index is 11.7. The van der Waals surface area contributed by atoms with E-state index >= 15 is 0 Å². The van der Waals surface area contributed by atoms with Gasteiger partial charge in [-0.25, -0.2) is 9.78 Å². The van der Waals surface area contributed by atoms with Gasteiger partial charge in [-0.2, -0.15) is 0 Å². The van der Waals surface area contributed by atoms with Crippen molar-refractivity contribution < 1.29 is 14.7 Å². The molecule has 5 nitrogen and oxygen atoms in total. The van der Waals surface area contributed by atoms with Crippen LogP contribution in [-0.4, -0.2) is 28.0 Å². The molecule has 0 radical (unpaired) electrons. The van der Waals surface area contributed by atoms with E-state index in [1.807, 2.05) is 0 Å². The molecule has 0 unspecified atom stereocenters. The van der Waals surface area contributed by atoms with Gasteiger partial charge in [0.15, 0.2) is 0 Å². The maximum Gasteiger partial charge on any atom is 0.326 e. The number of nitrogens with one attached hydrogen (secondary N) is 1. The summed E-state index contributed by atoms with van der Waals surface area (Å²) in [6.07, 6.45) is 0. The number of hydrogen-bond acceptors (Lipinski definition) is 3. The van der Waals surface area contributed by atoms with E-state index in [0.29, 0.717) is 0 Å². The molecule has 0 aliphatic carbocycles. The molecule has 0 aliphatic rings. The largest absolute Gasteiger partial charge is 0.480 e. The van der Waals surface area contributed by atoms with Crippen molar-refractivity contribution in [2.75, 3.05) is 0 Å². The van der Waals surface area contributed by atoms with E-state index in [1.54, 1.807) is 19.9 Å². The summed E-state index contributed by atoms with van der Waals surface area (Å²) in [7, 11) is 0. The Hall–Kier alpha value is -1.62. The summed E-state index contributed by atoms with van der Waals surface area (Å²) in [5, 5.41) is 11.5. The van der Waals surface area contributed by atoms with Crippen LogP contribution >= 0.6 is 11.6 Å². The standard InChI is InChI=1S/C11H13ClN2O3/c1-6(2)9(11(16)17)14-10(15)7-4-3-5-8(12)13-7/h3-6,9H,1-2H3,(H,14,15)(H,16,17)/t9-/m0/s1. The number of aromatic nitrogens is 1. The number of carboxylic acid groups (broad SMARTS) is 1. The third-order valence-electron chi connectivity index (χ3n) is 2.17. The summed E-state index contributed by atoms with van der Waals surface area (Å²) < 4.78 is 0. The fraction of sp³-hybridized carbons (Fsp3) is 0.364. The number of aliphatic carboxylic acids is 1. The second-order valence-electron chi connectivity index (χ2n) is 3.88. The molecule has 1 atom stereocenters. The summed E-state index contributed by atoms with van der Waals surface area (Å²) in [5.41, 5.74) is 0.101. The Morgan fingerprint density at radius 3 is 2.53 bits per heavy atom. The third-order valence-corrected chi connectivity index (χ3v) is 2.38. The number of halogens is 1. The van der Waals surface area contributed by atoms with Gasteiger partial charge >= 0.3 is 5.97 Å². The van der Waals surface area contributed by atoms with Crippen molar-refractivity contribution in [2.24, 2.45) is 5.92 Å². The summed E-state index contributed by atoms with van der Waals surface area (Å²) in [6.45, 7) is 3.43. The first-order valence-electron chi connectivity index (χ1n) is 5.08. The highest BCUT2D eigenvalue weighted by atomic mass is 35.5. The zero-order valence-corrected chi connectivity index (χ0v) is 10.2. The fourth-order valence-corrected chi connectivity index (χ4v) is 1.43. The quantitative estimate of drug-likeness (QED) is 0.802. The number of nitrogens with zero attached hydrogens (tertiary/aromatic N) is 1. The van der Waals surface area contributed by atoms with Crippen LogP contribution in [0.1, 0.15) is 24.3 Å². The average molecular weight is 257 g/mol. The Labute approximate surface area is 104 Å². The van der Waals surface area contributed by atoms with E-state index in [9.17, 15) is 9.59 Å². The second-order valence-corrected chi connectivity index (χ2v) is 4.27. The molecule has 1 heterocycles. The minimum absolute atomic E-state index is 0.101. The lowest BCUT2D eigenvalue weighted by Crippen LogP contribution is -2.44. The lowest BCUT2D eigenvalue weighted by molar-refractivity contribution is -0.140. The average Bonchev–Trinajstić information content (AvgIpc) is 2.24. The van der Waals surface area contributed by atoms with E-state index in [4.69, 9.17) is 16.7 Å². The predicted octanol–water partition coefficient (Wildman–Crippen LogP) is 1.57. The van der Waals surface area contributed by atoms with Gasteiger partial charge < -0.3 is 10.4 Å². The van der Waals surface area contributed by atoms with Crippen LogP contribution in [0.3, 0.4) is 0 Å². The normalized spacial score (nSPS) is 12.2. The predicted molar refractivity (Wildman–Crippen MR) is 63.0 cm³/mol. The van der Waals surface area contributed by atoms with E-state index < -0.39 is 17.9 Å². The maximum atomic E-state index is 11.7. The molecule has 0 fully saturated rings. The van der Waals surface area contributed by atoms with Crippen molar-refractivity contribution in [3.8, 4) is 0 Å². The molecule has 0 saturated heterocycles. The first kappa shape index (κ1) is 13.4. The molecule has 0 saturated carbocycles. The van der Waals surface area contributed by atoms with E-state index in [0.717, 1.165) is 0 Å². The van der Waals surface area contributed by atoms with E-state index in [-0.39, 0.29) is 16.8 Å². The number of hydrogen-bond donors (Lipinski definition) is 2. The first-order chi connectivity index (χ1) is 7.91. The molecule has 0 aromatic carbocycles. The SMILES string of the molecule is CC(C)[C@H](NC(=O)c1cccc(Cl)n1)C(=O)O. The third kappa shape index (κ3) is 3.71. The van der Waals surface area contributed by atoms with Gasteiger partial charge in [0, 0.05) is 0 Å². The smallest absolute Gasteiger partial charge is 0.326 e. The van der Waals surface area contributed by atoms with Crippen LogP contribution in [0.4, 0.5) is 0 Å². The molecule has 1 amide bonds. The number of carbonyl (C=O) groups excluding carboxylic acids is 1. The number of rotatable bonds is 4. The molecule has 92 valence electrons. The molecule has 1 aromatic heterocycles. The van der Waals surface area contributed by atoms with Crippen LogP contribution in [0.2, 0.25) is 5.15 Å². The van der Waals surface area contributed by atoms with E-state index in [2.05, 4.69) is 10.3 Å². The number of pyridine rings is 1. The van der Waals surface area contributed by atoms with Crippen LogP contribution in [0.15, 0.2) is 18.2 Å². The first-order valence-corrected chi connectivity index (χ1v) is 5.46. The Morgan fingerprint density at radius 2 is 2.06 bits per heavy atom. The lowest BCUT2D eigenvalue weighted by atomic mass is 10.0. The number of carbonyl (C=O) groups is 2. The Bertz CT molecular complexity index is 434. The van der Waals surface area contributed by atoms with Gasteiger partial charge in [-0.3, -0.25) is 4.79 Å². The van der Waals surface area contributed by atoms with Gasteiger partial charge in [-0.1, -0.05) is 31.5 Å². The van der Waals surface area contributed by atoms with Gasteiger partial charge in [-0.05, 0) is 18.1 Å². The van der Waals surface area contributed by atoms with Crippen LogP contribution in [0.25, 0.3) is 0 Å². The number of amides is 1. The highest BCUT2D eigenvalue weighted by molar-refractivity contribution is 6.29. The van der Waals surface area contributed by atoms with Crippen molar-refractivity contribution >= 4 is 23.5 Å². The van der Waals surface area contributed by atoms with Crippen molar-refractivity contribution in [1.29, 1.82) is 0 Å². The topological polar surface area (TPSA) is 79.3 Å². The Morgan fingerprint density at radius 1 is 1.41 bits per heavy atom.